The Bertz CT molecular complexity index is 2150. The summed E-state index contributed by atoms with van der Waals surface area (Å²) in [6.07, 6.45) is 12.8. The van der Waals surface area contributed by atoms with Crippen LogP contribution in [0.3, 0.4) is 0 Å². The van der Waals surface area contributed by atoms with Crippen LogP contribution in [0.25, 0.3) is 6.08 Å². The van der Waals surface area contributed by atoms with Gasteiger partial charge in [0, 0.05) is 50.8 Å². The van der Waals surface area contributed by atoms with Crippen LogP contribution in [-0.4, -0.2) is 34.4 Å². The maximum atomic E-state index is 11.4. The number of rotatable bonds is 7. The summed E-state index contributed by atoms with van der Waals surface area (Å²) in [6.45, 7) is 2.28. The zero-order valence-corrected chi connectivity index (χ0v) is 34.8. The molecular weight excluding hydrogens is 808 g/mol. The normalized spacial score (nSPS) is 17.2. The SMILES string of the molecule is CCOC(=O)CC1CCc2c(Cl)cccc21.O=C(O)/C=C/c1ccccc1Cl.O=C1CCc2c(Cl)cccc21.S=C1CC(CC2CCc3c(Cl)cccc32)=CN1. The number of carbonyl (C=O) groups excluding carboxylic acids is 2. The molecule has 0 saturated heterocycles. The summed E-state index contributed by atoms with van der Waals surface area (Å²) in [4.78, 5) is 33.7. The molecule has 0 saturated carbocycles. The van der Waals surface area contributed by atoms with E-state index in [4.69, 9.17) is 68.5 Å². The summed E-state index contributed by atoms with van der Waals surface area (Å²) >= 11 is 29.1. The van der Waals surface area contributed by atoms with Crippen LogP contribution < -0.4 is 5.32 Å². The van der Waals surface area contributed by atoms with E-state index in [9.17, 15) is 14.4 Å². The van der Waals surface area contributed by atoms with Gasteiger partial charge in [0.2, 0.25) is 0 Å². The van der Waals surface area contributed by atoms with Gasteiger partial charge in [0.1, 0.15) is 0 Å². The molecule has 4 aromatic rings. The predicted molar refractivity (Wildman–Crippen MR) is 232 cm³/mol. The lowest BCUT2D eigenvalue weighted by atomic mass is 9.93. The predicted octanol–water partition coefficient (Wildman–Crippen LogP) is 12.2. The molecule has 0 fully saturated rings. The molecule has 292 valence electrons. The molecule has 0 spiro atoms. The summed E-state index contributed by atoms with van der Waals surface area (Å²) in [5.74, 6) is 0.0446. The first-order valence-corrected chi connectivity index (χ1v) is 20.5. The fourth-order valence-electron chi connectivity index (χ4n) is 7.39. The highest BCUT2D eigenvalue weighted by atomic mass is 35.5. The maximum absolute atomic E-state index is 11.4. The van der Waals surface area contributed by atoms with Crippen molar-refractivity contribution in [1.82, 2.24) is 5.32 Å². The Morgan fingerprint density at radius 3 is 1.96 bits per heavy atom. The van der Waals surface area contributed by atoms with Crippen LogP contribution in [0.15, 0.2) is 96.7 Å². The number of hydrogen-bond acceptors (Lipinski definition) is 5. The highest BCUT2D eigenvalue weighted by molar-refractivity contribution is 7.80. The van der Waals surface area contributed by atoms with Gasteiger partial charge in [0.15, 0.2) is 5.78 Å². The molecule has 11 heteroatoms. The van der Waals surface area contributed by atoms with E-state index in [1.807, 2.05) is 43.3 Å². The van der Waals surface area contributed by atoms with Crippen molar-refractivity contribution in [2.45, 2.75) is 76.5 Å². The number of thiocarbonyl (C=S) groups is 1. The summed E-state index contributed by atoms with van der Waals surface area (Å²) < 4.78 is 4.98. The van der Waals surface area contributed by atoms with Gasteiger partial charge < -0.3 is 15.2 Å². The lowest BCUT2D eigenvalue weighted by molar-refractivity contribution is -0.143. The monoisotopic (exact) mass is 849 g/mol. The molecule has 2 unspecified atom stereocenters. The van der Waals surface area contributed by atoms with Gasteiger partial charge in [0.25, 0.3) is 0 Å². The number of fused-ring (bicyclic) bond motifs is 3. The second kappa shape index (κ2) is 21.0. The first-order chi connectivity index (χ1) is 26.9. The molecule has 3 aliphatic carbocycles. The van der Waals surface area contributed by atoms with Crippen molar-refractivity contribution in [2.24, 2.45) is 0 Å². The van der Waals surface area contributed by atoms with E-state index >= 15 is 0 Å². The van der Waals surface area contributed by atoms with Crippen molar-refractivity contribution < 1.29 is 24.2 Å². The van der Waals surface area contributed by atoms with Crippen LogP contribution in [0.1, 0.15) is 101 Å². The van der Waals surface area contributed by atoms with Gasteiger partial charge in [-0.25, -0.2) is 4.79 Å². The molecule has 0 bridgehead atoms. The molecule has 4 aliphatic rings. The lowest BCUT2D eigenvalue weighted by Crippen LogP contribution is -2.08. The van der Waals surface area contributed by atoms with Gasteiger partial charge >= 0.3 is 11.9 Å². The van der Waals surface area contributed by atoms with Gasteiger partial charge in [-0.05, 0) is 127 Å². The van der Waals surface area contributed by atoms with Crippen molar-refractivity contribution >= 4 is 87.4 Å². The van der Waals surface area contributed by atoms with Crippen molar-refractivity contribution in [3.63, 3.8) is 0 Å². The van der Waals surface area contributed by atoms with Crippen LogP contribution in [0.5, 0.6) is 0 Å². The fourth-order valence-corrected chi connectivity index (χ4v) is 8.66. The number of aliphatic carboxylic acids is 1. The van der Waals surface area contributed by atoms with E-state index in [1.54, 1.807) is 24.3 Å². The minimum Gasteiger partial charge on any atom is -0.478 e. The van der Waals surface area contributed by atoms with E-state index in [0.717, 1.165) is 75.8 Å². The number of carboxylic acid groups (broad SMARTS) is 1. The van der Waals surface area contributed by atoms with Crippen molar-refractivity contribution in [3.05, 3.63) is 156 Å². The first-order valence-electron chi connectivity index (χ1n) is 18.6. The summed E-state index contributed by atoms with van der Waals surface area (Å²) in [5.41, 5.74) is 9.20. The van der Waals surface area contributed by atoms with Crippen LogP contribution in [0.4, 0.5) is 0 Å². The summed E-state index contributed by atoms with van der Waals surface area (Å²) in [6, 6.07) is 24.8. The zero-order valence-electron chi connectivity index (χ0n) is 31.0. The number of halogens is 4. The molecule has 2 atom stereocenters. The molecule has 0 aromatic heterocycles. The number of hydrogen-bond donors (Lipinski definition) is 2. The Morgan fingerprint density at radius 2 is 1.38 bits per heavy atom. The molecule has 2 N–H and O–H groups in total. The Morgan fingerprint density at radius 1 is 0.786 bits per heavy atom. The smallest absolute Gasteiger partial charge is 0.328 e. The molecule has 6 nitrogen and oxygen atoms in total. The largest absolute Gasteiger partial charge is 0.478 e. The zero-order chi connectivity index (χ0) is 40.2. The quantitative estimate of drug-likeness (QED) is 0.109. The standard InChI is InChI=1S/C14H14ClNS.C13H15ClO2.C9H7ClO2.C9H7ClO/c15-13-3-1-2-11-10(4-5-12(11)13)6-9-7-14(17)16-8-9;1-2-16-13(15)8-9-6-7-11-10(9)4-3-5-12(11)14;10-8-4-2-1-3-7(8)5-6-9(11)12;10-8-3-1-2-7-6(8)4-5-9(7)11/h1-3,8,10H,4-7H2,(H,16,17);3-5,9H,2,6-8H2,1H3;1-6H,(H,11,12);1-3H,4-5H2/b;;6-5+;. The average molecular weight is 852 g/mol. The van der Waals surface area contributed by atoms with Gasteiger partial charge in [-0.15, -0.1) is 0 Å². The number of carboxylic acids is 1. The molecule has 4 aromatic carbocycles. The first kappa shape index (κ1) is 43.1. The van der Waals surface area contributed by atoms with E-state index in [2.05, 4.69) is 29.7 Å². The third-order valence-corrected chi connectivity index (χ3v) is 11.7. The van der Waals surface area contributed by atoms with E-state index < -0.39 is 5.97 Å². The Hall–Kier alpha value is -3.98. The topological polar surface area (TPSA) is 92.7 Å². The number of nitrogens with one attached hydrogen (secondary N) is 1. The Balaban J connectivity index is 0.000000145. The van der Waals surface area contributed by atoms with E-state index in [0.29, 0.717) is 36.0 Å². The van der Waals surface area contributed by atoms with Crippen LogP contribution in [0, 0.1) is 0 Å². The fraction of sp³-hybridized carbons (Fsp3) is 0.289. The second-order valence-electron chi connectivity index (χ2n) is 13.7. The highest BCUT2D eigenvalue weighted by Gasteiger charge is 2.27. The number of benzene rings is 4. The second-order valence-corrected chi connectivity index (χ2v) is 15.9. The molecule has 56 heavy (non-hydrogen) atoms. The lowest BCUT2D eigenvalue weighted by Gasteiger charge is -2.11. The summed E-state index contributed by atoms with van der Waals surface area (Å²) in [5, 5.41) is 14.5. The number of carbonyl (C=O) groups is 3. The van der Waals surface area contributed by atoms with Crippen molar-refractivity contribution in [1.29, 1.82) is 0 Å². The van der Waals surface area contributed by atoms with Crippen molar-refractivity contribution in [3.8, 4) is 0 Å². The molecule has 1 aliphatic heterocycles. The maximum Gasteiger partial charge on any atom is 0.328 e. The Kier molecular flexibility index (Phi) is 16.2. The van der Waals surface area contributed by atoms with Crippen molar-refractivity contribution in [2.75, 3.05) is 6.61 Å². The van der Waals surface area contributed by atoms with Gasteiger partial charge in [-0.1, -0.05) is 113 Å². The molecule has 1 heterocycles. The number of esters is 1. The molecule has 0 amide bonds. The molecular formula is C45H43Cl4NO5S. The van der Waals surface area contributed by atoms with E-state index in [-0.39, 0.29) is 17.7 Å². The van der Waals surface area contributed by atoms with Crippen LogP contribution in [0.2, 0.25) is 20.1 Å². The minimum absolute atomic E-state index is 0.111. The number of Topliss-reactive ketones (excluding diaryl/α,β-unsaturated/α-hetero) is 1. The average Bonchev–Trinajstić information content (AvgIpc) is 3.98. The third kappa shape index (κ3) is 11.8. The summed E-state index contributed by atoms with van der Waals surface area (Å²) in [7, 11) is 0. The molecule has 0 radical (unpaired) electrons. The van der Waals surface area contributed by atoms with Gasteiger partial charge in [-0.2, -0.15) is 0 Å². The minimum atomic E-state index is -0.977. The Labute approximate surface area is 353 Å². The van der Waals surface area contributed by atoms with E-state index in [1.165, 1.54) is 40.3 Å². The number of ether oxygens (including phenoxy) is 1. The highest BCUT2D eigenvalue weighted by Crippen LogP contribution is 2.41. The van der Waals surface area contributed by atoms with Crippen LogP contribution in [-0.2, 0) is 33.6 Å². The number of ketones is 1. The third-order valence-electron chi connectivity index (χ3n) is 10.1. The van der Waals surface area contributed by atoms with Gasteiger partial charge in [0.05, 0.1) is 18.0 Å². The molecule has 8 rings (SSSR count). The van der Waals surface area contributed by atoms with Crippen LogP contribution >= 0.6 is 58.6 Å². The van der Waals surface area contributed by atoms with Gasteiger partial charge in [-0.3, -0.25) is 9.59 Å².